The second-order valence-electron chi connectivity index (χ2n) is 7.61. The molecule has 3 rings (SSSR count). The molecule has 1 aromatic rings. The standard InChI is InChI=1S/C21H30O/c22-21(20-10-2-1-3-11-20)16-19-9-5-7-17-6-4-8-18(13-12-17)14-15-19/h1-3,10-11,17-19H,4-9,12-16H2/t17-,18?,19?/m0/s1. The zero-order chi connectivity index (χ0) is 15.2. The molecular formula is C21H30O. The first-order valence-corrected chi connectivity index (χ1v) is 9.39. The lowest BCUT2D eigenvalue weighted by atomic mass is 9.82. The molecular weight excluding hydrogens is 268 g/mol. The second kappa shape index (κ2) is 7.94. The van der Waals surface area contributed by atoms with Crippen molar-refractivity contribution in [3.8, 4) is 0 Å². The summed E-state index contributed by atoms with van der Waals surface area (Å²) in [5.74, 6) is 2.89. The van der Waals surface area contributed by atoms with Gasteiger partial charge in [-0.05, 0) is 24.2 Å². The fourth-order valence-electron chi connectivity index (χ4n) is 4.55. The van der Waals surface area contributed by atoms with Crippen LogP contribution >= 0.6 is 0 Å². The molecule has 2 saturated carbocycles. The fraction of sp³-hybridized carbons (Fsp3) is 0.667. The molecule has 0 amide bonds. The van der Waals surface area contributed by atoms with E-state index in [1.54, 1.807) is 0 Å². The zero-order valence-corrected chi connectivity index (χ0v) is 13.8. The Hall–Kier alpha value is -1.11. The third-order valence-corrected chi connectivity index (χ3v) is 5.99. The lowest BCUT2D eigenvalue weighted by Crippen LogP contribution is -2.13. The van der Waals surface area contributed by atoms with Crippen molar-refractivity contribution in [3.63, 3.8) is 0 Å². The van der Waals surface area contributed by atoms with E-state index in [1.807, 2.05) is 30.3 Å². The first-order valence-electron chi connectivity index (χ1n) is 9.39. The highest BCUT2D eigenvalue weighted by Gasteiger charge is 2.23. The van der Waals surface area contributed by atoms with Crippen molar-refractivity contribution >= 4 is 5.78 Å². The van der Waals surface area contributed by atoms with E-state index in [1.165, 1.54) is 64.2 Å². The zero-order valence-electron chi connectivity index (χ0n) is 13.8. The van der Waals surface area contributed by atoms with Crippen molar-refractivity contribution in [2.75, 3.05) is 0 Å². The molecule has 1 aromatic carbocycles. The van der Waals surface area contributed by atoms with E-state index in [2.05, 4.69) is 0 Å². The molecule has 0 spiro atoms. The van der Waals surface area contributed by atoms with Crippen LogP contribution in [-0.4, -0.2) is 5.78 Å². The van der Waals surface area contributed by atoms with Crippen molar-refractivity contribution in [2.24, 2.45) is 17.8 Å². The van der Waals surface area contributed by atoms with Crippen LogP contribution in [0.25, 0.3) is 0 Å². The molecule has 0 radical (unpaired) electrons. The van der Waals surface area contributed by atoms with E-state index in [4.69, 9.17) is 0 Å². The largest absolute Gasteiger partial charge is 0.294 e. The third kappa shape index (κ3) is 4.44. The summed E-state index contributed by atoms with van der Waals surface area (Å²) in [6.45, 7) is 0. The Bertz CT molecular complexity index is 464. The topological polar surface area (TPSA) is 17.1 Å². The summed E-state index contributed by atoms with van der Waals surface area (Å²) in [7, 11) is 0. The Balaban J connectivity index is 1.59. The minimum Gasteiger partial charge on any atom is -0.294 e. The molecule has 0 aromatic heterocycles. The number of hydrogen-bond donors (Lipinski definition) is 0. The summed E-state index contributed by atoms with van der Waals surface area (Å²) < 4.78 is 0. The number of benzene rings is 1. The maximum Gasteiger partial charge on any atom is 0.163 e. The molecule has 120 valence electrons. The lowest BCUT2D eigenvalue weighted by molar-refractivity contribution is 0.0952. The third-order valence-electron chi connectivity index (χ3n) is 5.99. The molecule has 2 bridgehead atoms. The summed E-state index contributed by atoms with van der Waals surface area (Å²) in [4.78, 5) is 12.5. The number of carbonyl (C=O) groups excluding carboxylic acids is 1. The van der Waals surface area contributed by atoms with Gasteiger partial charge in [0.05, 0.1) is 0 Å². The van der Waals surface area contributed by atoms with Crippen LogP contribution in [0.3, 0.4) is 0 Å². The second-order valence-corrected chi connectivity index (χ2v) is 7.61. The number of carbonyl (C=O) groups is 1. The van der Waals surface area contributed by atoms with Crippen LogP contribution in [0.2, 0.25) is 0 Å². The molecule has 0 N–H and O–H groups in total. The van der Waals surface area contributed by atoms with Gasteiger partial charge in [0.2, 0.25) is 0 Å². The Morgan fingerprint density at radius 2 is 1.36 bits per heavy atom. The lowest BCUT2D eigenvalue weighted by Gasteiger charge is -2.23. The first-order chi connectivity index (χ1) is 10.8. The molecule has 3 atom stereocenters. The quantitative estimate of drug-likeness (QED) is 0.622. The van der Waals surface area contributed by atoms with Crippen molar-refractivity contribution in [1.82, 2.24) is 0 Å². The highest BCUT2D eigenvalue weighted by atomic mass is 16.1. The Kier molecular flexibility index (Phi) is 5.70. The van der Waals surface area contributed by atoms with Gasteiger partial charge < -0.3 is 0 Å². The van der Waals surface area contributed by atoms with Crippen LogP contribution < -0.4 is 0 Å². The predicted octanol–water partition coefficient (Wildman–Crippen LogP) is 6.04. The maximum atomic E-state index is 12.5. The van der Waals surface area contributed by atoms with Crippen LogP contribution in [0.15, 0.2) is 30.3 Å². The normalized spacial score (nSPS) is 29.7. The van der Waals surface area contributed by atoms with Crippen molar-refractivity contribution in [3.05, 3.63) is 35.9 Å². The van der Waals surface area contributed by atoms with E-state index >= 15 is 0 Å². The number of ketones is 1. The molecule has 2 fully saturated rings. The Labute approximate surface area is 135 Å². The van der Waals surface area contributed by atoms with Crippen LogP contribution in [0.1, 0.15) is 81.0 Å². The van der Waals surface area contributed by atoms with Crippen molar-refractivity contribution < 1.29 is 4.79 Å². The van der Waals surface area contributed by atoms with E-state index in [0.29, 0.717) is 11.7 Å². The van der Waals surface area contributed by atoms with Crippen LogP contribution in [-0.2, 0) is 0 Å². The SMILES string of the molecule is O=C(CC1CCC[C@@H]2CCCC(CC1)CC2)c1ccccc1. The van der Waals surface area contributed by atoms with Gasteiger partial charge >= 0.3 is 0 Å². The average molecular weight is 298 g/mol. The van der Waals surface area contributed by atoms with Gasteiger partial charge in [0.25, 0.3) is 0 Å². The van der Waals surface area contributed by atoms with Gasteiger partial charge in [0.1, 0.15) is 0 Å². The smallest absolute Gasteiger partial charge is 0.163 e. The molecule has 0 heterocycles. The summed E-state index contributed by atoms with van der Waals surface area (Å²) in [5.41, 5.74) is 0.901. The average Bonchev–Trinajstić information content (AvgIpc) is 2.80. The van der Waals surface area contributed by atoms with E-state index in [0.717, 1.165) is 23.8 Å². The number of rotatable bonds is 3. The highest BCUT2D eigenvalue weighted by Crippen LogP contribution is 2.36. The van der Waals surface area contributed by atoms with Gasteiger partial charge in [-0.2, -0.15) is 0 Å². The van der Waals surface area contributed by atoms with E-state index < -0.39 is 0 Å². The number of hydrogen-bond acceptors (Lipinski definition) is 1. The van der Waals surface area contributed by atoms with Gasteiger partial charge in [-0.1, -0.05) is 88.1 Å². The van der Waals surface area contributed by atoms with Crippen LogP contribution in [0, 0.1) is 17.8 Å². The Morgan fingerprint density at radius 3 is 2.09 bits per heavy atom. The molecule has 0 aliphatic heterocycles. The maximum absolute atomic E-state index is 12.5. The molecule has 2 aliphatic carbocycles. The van der Waals surface area contributed by atoms with E-state index in [-0.39, 0.29) is 0 Å². The number of Topliss-reactive ketones (excluding diaryl/α,β-unsaturated/α-hetero) is 1. The number of fused-ring (bicyclic) bond motifs is 3. The molecule has 2 aliphatic rings. The van der Waals surface area contributed by atoms with Gasteiger partial charge in [0, 0.05) is 12.0 Å². The van der Waals surface area contributed by atoms with Gasteiger partial charge in [0.15, 0.2) is 5.78 Å². The highest BCUT2D eigenvalue weighted by molar-refractivity contribution is 5.96. The Morgan fingerprint density at radius 1 is 0.773 bits per heavy atom. The van der Waals surface area contributed by atoms with Gasteiger partial charge in [-0.15, -0.1) is 0 Å². The first kappa shape index (κ1) is 15.8. The monoisotopic (exact) mass is 298 g/mol. The summed E-state index contributed by atoms with van der Waals surface area (Å²) in [5, 5.41) is 0. The molecule has 2 unspecified atom stereocenters. The summed E-state index contributed by atoms with van der Waals surface area (Å²) >= 11 is 0. The molecule has 1 heteroatoms. The van der Waals surface area contributed by atoms with Crippen molar-refractivity contribution in [1.29, 1.82) is 0 Å². The minimum atomic E-state index is 0.352. The summed E-state index contributed by atoms with van der Waals surface area (Å²) in [6.07, 6.45) is 14.7. The minimum absolute atomic E-state index is 0.352. The molecule has 0 saturated heterocycles. The van der Waals surface area contributed by atoms with Crippen molar-refractivity contribution in [2.45, 2.75) is 70.6 Å². The van der Waals surface area contributed by atoms with Gasteiger partial charge in [-0.3, -0.25) is 4.79 Å². The fourth-order valence-corrected chi connectivity index (χ4v) is 4.55. The van der Waals surface area contributed by atoms with Crippen LogP contribution in [0.5, 0.6) is 0 Å². The predicted molar refractivity (Wildman–Crippen MR) is 92.0 cm³/mol. The molecule has 22 heavy (non-hydrogen) atoms. The van der Waals surface area contributed by atoms with E-state index in [9.17, 15) is 4.79 Å². The molecule has 1 nitrogen and oxygen atoms in total. The summed E-state index contributed by atoms with van der Waals surface area (Å²) in [6, 6.07) is 9.87. The van der Waals surface area contributed by atoms with Crippen LogP contribution in [0.4, 0.5) is 0 Å². The van der Waals surface area contributed by atoms with Gasteiger partial charge in [-0.25, -0.2) is 0 Å².